The number of likely N-dealkylation sites (N-methyl/N-ethyl adjacent to an activating group) is 1. The average molecular weight is 278 g/mol. The minimum Gasteiger partial charge on any atom is -0.484 e. The summed E-state index contributed by atoms with van der Waals surface area (Å²) in [5.74, 6) is 0.603. The highest BCUT2D eigenvalue weighted by Crippen LogP contribution is 2.15. The molecular formula is C15H22N2O3. The second-order valence-electron chi connectivity index (χ2n) is 5.12. The van der Waals surface area contributed by atoms with E-state index in [0.717, 1.165) is 19.4 Å². The van der Waals surface area contributed by atoms with Crippen LogP contribution < -0.4 is 10.5 Å². The van der Waals surface area contributed by atoms with Crippen molar-refractivity contribution < 1.29 is 14.3 Å². The van der Waals surface area contributed by atoms with Crippen molar-refractivity contribution in [1.82, 2.24) is 4.90 Å². The van der Waals surface area contributed by atoms with E-state index in [4.69, 9.17) is 15.2 Å². The van der Waals surface area contributed by atoms with Crippen LogP contribution in [0, 0.1) is 0 Å². The standard InChI is InChI=1S/C15H22N2O3/c1-17(10-14-4-2-3-9-19-14)15(18)11-20-13-7-5-12(16)6-8-13/h5-8,14H,2-4,9-11,16H2,1H3. The minimum absolute atomic E-state index is 0.0349. The maximum Gasteiger partial charge on any atom is 0.260 e. The fraction of sp³-hybridized carbons (Fsp3) is 0.533. The Balaban J connectivity index is 1.74. The van der Waals surface area contributed by atoms with Crippen molar-refractivity contribution in [3.05, 3.63) is 24.3 Å². The Labute approximate surface area is 119 Å². The number of nitrogens with zero attached hydrogens (tertiary/aromatic N) is 1. The lowest BCUT2D eigenvalue weighted by Crippen LogP contribution is -2.39. The summed E-state index contributed by atoms with van der Waals surface area (Å²) in [6.45, 7) is 1.46. The van der Waals surface area contributed by atoms with E-state index in [1.807, 2.05) is 0 Å². The highest BCUT2D eigenvalue weighted by molar-refractivity contribution is 5.77. The lowest BCUT2D eigenvalue weighted by molar-refractivity contribution is -0.134. The van der Waals surface area contributed by atoms with Gasteiger partial charge in [-0.15, -0.1) is 0 Å². The van der Waals surface area contributed by atoms with Crippen LogP contribution in [0.5, 0.6) is 5.75 Å². The molecule has 0 radical (unpaired) electrons. The number of hydrogen-bond donors (Lipinski definition) is 1. The van der Waals surface area contributed by atoms with Crippen LogP contribution in [0.4, 0.5) is 5.69 Å². The number of nitrogens with two attached hydrogens (primary N) is 1. The molecule has 1 saturated heterocycles. The third-order valence-corrected chi connectivity index (χ3v) is 3.42. The first-order valence-electron chi connectivity index (χ1n) is 6.99. The molecule has 5 heteroatoms. The summed E-state index contributed by atoms with van der Waals surface area (Å²) in [4.78, 5) is 13.7. The van der Waals surface area contributed by atoms with Crippen LogP contribution in [0.1, 0.15) is 19.3 Å². The molecule has 1 fully saturated rings. The number of nitrogen functional groups attached to an aromatic ring is 1. The van der Waals surface area contributed by atoms with Crippen LogP contribution in [0.2, 0.25) is 0 Å². The Kier molecular flexibility index (Phi) is 5.24. The van der Waals surface area contributed by atoms with Gasteiger partial charge in [0.15, 0.2) is 6.61 Å². The van der Waals surface area contributed by atoms with Crippen LogP contribution in [0.25, 0.3) is 0 Å². The van der Waals surface area contributed by atoms with Crippen molar-refractivity contribution in [2.45, 2.75) is 25.4 Å². The molecule has 0 bridgehead atoms. The zero-order chi connectivity index (χ0) is 14.4. The van der Waals surface area contributed by atoms with E-state index in [9.17, 15) is 4.79 Å². The Morgan fingerprint density at radius 3 is 2.80 bits per heavy atom. The molecule has 2 N–H and O–H groups in total. The highest BCUT2D eigenvalue weighted by Gasteiger charge is 2.18. The van der Waals surface area contributed by atoms with Crippen molar-refractivity contribution in [1.29, 1.82) is 0 Å². The molecule has 1 amide bonds. The largest absolute Gasteiger partial charge is 0.484 e. The van der Waals surface area contributed by atoms with Gasteiger partial charge in [-0.25, -0.2) is 0 Å². The molecule has 0 aromatic heterocycles. The maximum atomic E-state index is 12.0. The molecule has 0 aliphatic carbocycles. The molecule has 1 unspecified atom stereocenters. The molecular weight excluding hydrogens is 256 g/mol. The second-order valence-corrected chi connectivity index (χ2v) is 5.12. The summed E-state index contributed by atoms with van der Waals surface area (Å²) >= 11 is 0. The van der Waals surface area contributed by atoms with Crippen molar-refractivity contribution in [3.8, 4) is 5.75 Å². The second kappa shape index (κ2) is 7.14. The van der Waals surface area contributed by atoms with Gasteiger partial charge in [-0.1, -0.05) is 0 Å². The normalized spacial score (nSPS) is 18.6. The molecule has 2 rings (SSSR count). The molecule has 1 atom stereocenters. The Bertz CT molecular complexity index is 427. The number of rotatable bonds is 5. The van der Waals surface area contributed by atoms with Crippen molar-refractivity contribution >= 4 is 11.6 Å². The number of amides is 1. The van der Waals surface area contributed by atoms with Gasteiger partial charge in [-0.2, -0.15) is 0 Å². The smallest absolute Gasteiger partial charge is 0.260 e. The molecule has 1 aromatic rings. The quantitative estimate of drug-likeness (QED) is 0.832. The van der Waals surface area contributed by atoms with E-state index >= 15 is 0 Å². The molecule has 1 heterocycles. The number of benzene rings is 1. The summed E-state index contributed by atoms with van der Waals surface area (Å²) in [5, 5.41) is 0. The third kappa shape index (κ3) is 4.42. The van der Waals surface area contributed by atoms with Crippen molar-refractivity contribution in [2.24, 2.45) is 0 Å². The number of ether oxygens (including phenoxy) is 2. The minimum atomic E-state index is -0.0454. The lowest BCUT2D eigenvalue weighted by atomic mass is 10.1. The average Bonchev–Trinajstić information content (AvgIpc) is 2.47. The van der Waals surface area contributed by atoms with Gasteiger partial charge in [0.05, 0.1) is 6.10 Å². The fourth-order valence-electron chi connectivity index (χ4n) is 2.18. The van der Waals surface area contributed by atoms with E-state index in [0.29, 0.717) is 18.0 Å². The number of carbonyl (C=O) groups is 1. The van der Waals surface area contributed by atoms with Crippen molar-refractivity contribution in [3.63, 3.8) is 0 Å². The number of anilines is 1. The molecule has 1 aromatic carbocycles. The molecule has 0 saturated carbocycles. The first-order valence-corrected chi connectivity index (χ1v) is 6.99. The number of hydrogen-bond acceptors (Lipinski definition) is 4. The molecule has 1 aliphatic heterocycles. The Morgan fingerprint density at radius 1 is 1.40 bits per heavy atom. The van der Waals surface area contributed by atoms with Crippen LogP contribution in [0.3, 0.4) is 0 Å². The summed E-state index contributed by atoms with van der Waals surface area (Å²) in [7, 11) is 1.78. The van der Waals surface area contributed by atoms with Gasteiger partial charge in [-0.05, 0) is 43.5 Å². The molecule has 0 spiro atoms. The summed E-state index contributed by atoms with van der Waals surface area (Å²) in [5.41, 5.74) is 6.27. The lowest BCUT2D eigenvalue weighted by Gasteiger charge is -2.27. The summed E-state index contributed by atoms with van der Waals surface area (Å²) < 4.78 is 11.1. The fourth-order valence-corrected chi connectivity index (χ4v) is 2.18. The van der Waals surface area contributed by atoms with E-state index in [2.05, 4.69) is 0 Å². The monoisotopic (exact) mass is 278 g/mol. The van der Waals surface area contributed by atoms with Gasteiger partial charge >= 0.3 is 0 Å². The van der Waals surface area contributed by atoms with Crippen molar-refractivity contribution in [2.75, 3.05) is 32.5 Å². The summed E-state index contributed by atoms with van der Waals surface area (Å²) in [6.07, 6.45) is 3.48. The molecule has 1 aliphatic rings. The predicted molar refractivity (Wildman–Crippen MR) is 77.6 cm³/mol. The van der Waals surface area contributed by atoms with E-state index in [-0.39, 0.29) is 18.6 Å². The van der Waals surface area contributed by atoms with E-state index in [1.54, 1.807) is 36.2 Å². The maximum absolute atomic E-state index is 12.0. The van der Waals surface area contributed by atoms with Gasteiger partial charge in [-0.3, -0.25) is 4.79 Å². The van der Waals surface area contributed by atoms with E-state index < -0.39 is 0 Å². The molecule has 20 heavy (non-hydrogen) atoms. The SMILES string of the molecule is CN(CC1CCCCO1)C(=O)COc1ccc(N)cc1. The summed E-state index contributed by atoms with van der Waals surface area (Å²) in [6, 6.07) is 7.01. The first kappa shape index (κ1) is 14.7. The van der Waals surface area contributed by atoms with Crippen LogP contribution in [-0.2, 0) is 9.53 Å². The van der Waals surface area contributed by atoms with Crippen LogP contribution >= 0.6 is 0 Å². The van der Waals surface area contributed by atoms with Gasteiger partial charge in [0, 0.05) is 25.9 Å². The molecule has 110 valence electrons. The highest BCUT2D eigenvalue weighted by atomic mass is 16.5. The van der Waals surface area contributed by atoms with Gasteiger partial charge in [0.1, 0.15) is 5.75 Å². The van der Waals surface area contributed by atoms with Gasteiger partial charge < -0.3 is 20.1 Å². The van der Waals surface area contributed by atoms with Gasteiger partial charge in [0.25, 0.3) is 5.91 Å². The Morgan fingerprint density at radius 2 is 2.15 bits per heavy atom. The first-order chi connectivity index (χ1) is 9.65. The molecule has 5 nitrogen and oxygen atoms in total. The zero-order valence-corrected chi connectivity index (χ0v) is 11.9. The zero-order valence-electron chi connectivity index (χ0n) is 11.9. The van der Waals surface area contributed by atoms with E-state index in [1.165, 1.54) is 6.42 Å². The Hall–Kier alpha value is -1.75. The van der Waals surface area contributed by atoms with Gasteiger partial charge in [0.2, 0.25) is 0 Å². The third-order valence-electron chi connectivity index (χ3n) is 3.42. The number of carbonyl (C=O) groups excluding carboxylic acids is 1. The van der Waals surface area contributed by atoms with Crippen LogP contribution in [0.15, 0.2) is 24.3 Å². The predicted octanol–water partition coefficient (Wildman–Crippen LogP) is 1.68. The van der Waals surface area contributed by atoms with Crippen LogP contribution in [-0.4, -0.2) is 43.7 Å². The topological polar surface area (TPSA) is 64.8 Å².